The van der Waals surface area contributed by atoms with Gasteiger partial charge in [-0.2, -0.15) is 10.3 Å². The minimum atomic E-state index is -0.808. The van der Waals surface area contributed by atoms with E-state index in [1.165, 1.54) is 45.6 Å². The van der Waals surface area contributed by atoms with E-state index in [2.05, 4.69) is 105 Å². The van der Waals surface area contributed by atoms with Crippen LogP contribution in [0.25, 0.3) is 6.08 Å². The molecule has 0 N–H and O–H groups in total. The summed E-state index contributed by atoms with van der Waals surface area (Å²) in [4.78, 5) is 50.3. The summed E-state index contributed by atoms with van der Waals surface area (Å²) in [6, 6.07) is 10.6. The van der Waals surface area contributed by atoms with Crippen LogP contribution in [-0.4, -0.2) is 54.8 Å². The first-order chi connectivity index (χ1) is 23.7. The predicted octanol–water partition coefficient (Wildman–Crippen LogP) is 10.1. The van der Waals surface area contributed by atoms with Crippen molar-refractivity contribution in [2.45, 2.75) is 107 Å². The molecule has 0 saturated carbocycles. The van der Waals surface area contributed by atoms with Crippen molar-refractivity contribution >= 4 is 85.4 Å². The van der Waals surface area contributed by atoms with Crippen LogP contribution in [0.1, 0.15) is 121 Å². The maximum Gasteiger partial charge on any atom is 0.291 e. The van der Waals surface area contributed by atoms with Gasteiger partial charge in [0.1, 0.15) is 11.6 Å². The van der Waals surface area contributed by atoms with Crippen LogP contribution in [0.4, 0.5) is 5.13 Å². The second-order valence-corrected chi connectivity index (χ2v) is 20.0. The van der Waals surface area contributed by atoms with E-state index >= 15 is 0 Å². The number of halogens is 2. The number of hydrogen-bond donors (Lipinski definition) is 0. The quantitative estimate of drug-likeness (QED) is 0.0679. The molecule has 0 radical (unpaired) electrons. The number of carbonyl (C=O) groups is 3. The third-order valence-corrected chi connectivity index (χ3v) is 11.6. The Hall–Kier alpha value is -2.31. The molecule has 50 heavy (non-hydrogen) atoms. The Labute approximate surface area is 331 Å². The molecule has 11 heteroatoms. The number of hydrogen-bond acceptors (Lipinski definition) is 7. The Bertz CT molecular complexity index is 1570. The summed E-state index contributed by atoms with van der Waals surface area (Å²) in [6.07, 6.45) is 11.1. The van der Waals surface area contributed by atoms with E-state index in [1.54, 1.807) is 41.7 Å². The molecule has 1 aliphatic heterocycles. The van der Waals surface area contributed by atoms with Crippen molar-refractivity contribution in [1.82, 2.24) is 15.0 Å². The Kier molecular flexibility index (Phi) is 16.4. The molecule has 0 spiro atoms. The van der Waals surface area contributed by atoms with E-state index in [0.29, 0.717) is 23.0 Å². The molecule has 3 rings (SSSR count). The molecule has 0 bridgehead atoms. The predicted molar refractivity (Wildman–Crippen MR) is 222 cm³/mol. The fourth-order valence-corrected chi connectivity index (χ4v) is 8.72. The van der Waals surface area contributed by atoms with Gasteiger partial charge in [-0.1, -0.05) is 162 Å². The zero-order valence-corrected chi connectivity index (χ0v) is 36.0. The van der Waals surface area contributed by atoms with Crippen LogP contribution in [-0.2, 0) is 15.0 Å². The molecule has 2 aromatic rings. The number of thiazole rings is 1. The highest BCUT2D eigenvalue weighted by atomic mass is 127. The molecule has 8 nitrogen and oxygen atoms in total. The van der Waals surface area contributed by atoms with Crippen molar-refractivity contribution in [3.05, 3.63) is 63.2 Å². The van der Waals surface area contributed by atoms with Gasteiger partial charge in [0.25, 0.3) is 17.7 Å². The molecule has 1 aromatic carbocycles. The number of amides is 3. The van der Waals surface area contributed by atoms with Gasteiger partial charge in [-0.25, -0.2) is 9.99 Å². The van der Waals surface area contributed by atoms with Crippen molar-refractivity contribution in [3.8, 4) is 6.07 Å². The van der Waals surface area contributed by atoms with E-state index in [4.69, 9.17) is 4.98 Å². The van der Waals surface area contributed by atoms with E-state index in [9.17, 15) is 19.6 Å². The topological polar surface area (TPSA) is 97.6 Å². The molecular formula is C39H53I2N5O3S. The highest BCUT2D eigenvalue weighted by Crippen LogP contribution is 2.41. The lowest BCUT2D eigenvalue weighted by molar-refractivity contribution is -0.153. The Morgan fingerprint density at radius 1 is 0.980 bits per heavy atom. The van der Waals surface area contributed by atoms with Crippen LogP contribution in [0.5, 0.6) is 0 Å². The van der Waals surface area contributed by atoms with Gasteiger partial charge in [0.15, 0.2) is 5.13 Å². The number of alkyl halides is 2. The lowest BCUT2D eigenvalue weighted by atomic mass is 9.89. The van der Waals surface area contributed by atoms with Gasteiger partial charge in [0.2, 0.25) is 0 Å². The summed E-state index contributed by atoms with van der Waals surface area (Å²) >= 11 is 5.84. The van der Waals surface area contributed by atoms with Gasteiger partial charge in [-0.05, 0) is 42.9 Å². The van der Waals surface area contributed by atoms with Crippen LogP contribution in [0.15, 0.2) is 47.1 Å². The molecule has 272 valence electrons. The number of unbranched alkanes of at least 4 members (excludes halogenated alkanes) is 2. The molecule has 2 atom stereocenters. The number of anilines is 1. The molecule has 1 aliphatic rings. The summed E-state index contributed by atoms with van der Waals surface area (Å²) in [5, 5.41) is 13.0. The maximum atomic E-state index is 14.4. The standard InChI is InChI=1S/C39H53I2N5O3S/c1-9-13-18-26(11-3)24-45(25-27(12-4)19-14-10-2)38-43-33(39(5,6)7)31(50-38)22-29-32(34(40)41)30(23-42)37(49)46(36(29)48)44(8)35(47)28-20-16-15-17-21-28/h15-17,20-22,26-27,34H,9-14,18-19,24-25H2,1-8H3/b29-22-. The first-order valence-corrected chi connectivity index (χ1v) is 21.2. The number of hydrazine groups is 1. The Morgan fingerprint density at radius 3 is 2.00 bits per heavy atom. The smallest absolute Gasteiger partial charge is 0.291 e. The first-order valence-electron chi connectivity index (χ1n) is 17.9. The minimum absolute atomic E-state index is 0.149. The average molecular weight is 926 g/mol. The lowest BCUT2D eigenvalue weighted by Crippen LogP contribution is -2.54. The third kappa shape index (κ3) is 10.4. The van der Waals surface area contributed by atoms with Crippen LogP contribution in [0.2, 0.25) is 0 Å². The van der Waals surface area contributed by atoms with Crippen LogP contribution >= 0.6 is 56.5 Å². The van der Waals surface area contributed by atoms with Gasteiger partial charge in [0.05, 0.1) is 12.5 Å². The number of rotatable bonds is 17. The molecule has 0 fully saturated rings. The summed E-state index contributed by atoms with van der Waals surface area (Å²) in [5.41, 5.74) is 1.27. The number of imide groups is 1. The normalized spacial score (nSPS) is 15.9. The SMILES string of the molecule is CCCCC(CC)CN(CC(CC)CCCC)c1nc(C(C)(C)C)c(/C=C2\C(=O)N(N(C)C(=O)c3ccccc3)C(=O)C(C#N)=C2C(I)I)s1. The van der Waals surface area contributed by atoms with Crippen molar-refractivity contribution in [1.29, 1.82) is 5.26 Å². The summed E-state index contributed by atoms with van der Waals surface area (Å²) in [6.45, 7) is 17.2. The summed E-state index contributed by atoms with van der Waals surface area (Å²) in [5.74, 6) is -0.882. The largest absolute Gasteiger partial charge is 0.348 e. The van der Waals surface area contributed by atoms with E-state index in [1.807, 2.05) is 6.08 Å². The molecule has 2 heterocycles. The number of benzene rings is 1. The highest BCUT2D eigenvalue weighted by molar-refractivity contribution is 14.2. The van der Waals surface area contributed by atoms with Crippen LogP contribution in [0.3, 0.4) is 0 Å². The monoisotopic (exact) mass is 925 g/mol. The number of aromatic nitrogens is 1. The van der Waals surface area contributed by atoms with Crippen LogP contribution in [0, 0.1) is 23.2 Å². The maximum absolute atomic E-state index is 14.4. The average Bonchev–Trinajstić information content (AvgIpc) is 3.53. The summed E-state index contributed by atoms with van der Waals surface area (Å²) < 4.78 is -0.356. The van der Waals surface area contributed by atoms with Gasteiger partial charge < -0.3 is 4.90 Å². The molecule has 2 unspecified atom stereocenters. The minimum Gasteiger partial charge on any atom is -0.348 e. The highest BCUT2D eigenvalue weighted by Gasteiger charge is 2.43. The number of carbonyl (C=O) groups excluding carboxylic acids is 3. The Morgan fingerprint density at radius 2 is 1.54 bits per heavy atom. The molecular weight excluding hydrogens is 872 g/mol. The van der Waals surface area contributed by atoms with Gasteiger partial charge in [0, 0.05) is 42.3 Å². The Balaban J connectivity index is 2.23. The van der Waals surface area contributed by atoms with Crippen LogP contribution < -0.4 is 4.90 Å². The van der Waals surface area contributed by atoms with Gasteiger partial charge in [-0.3, -0.25) is 14.4 Å². The second kappa shape index (κ2) is 19.5. The third-order valence-electron chi connectivity index (χ3n) is 9.28. The fourth-order valence-electron chi connectivity index (χ4n) is 6.19. The van der Waals surface area contributed by atoms with E-state index < -0.39 is 17.7 Å². The molecule has 1 aromatic heterocycles. The number of nitriles is 1. The van der Waals surface area contributed by atoms with E-state index in [0.717, 1.165) is 51.7 Å². The molecule has 3 amide bonds. The zero-order valence-electron chi connectivity index (χ0n) is 30.9. The lowest BCUT2D eigenvalue weighted by Gasteiger charge is -2.34. The van der Waals surface area contributed by atoms with Crippen molar-refractivity contribution in [3.63, 3.8) is 0 Å². The number of nitrogens with zero attached hydrogens (tertiary/aromatic N) is 5. The van der Waals surface area contributed by atoms with Crippen molar-refractivity contribution in [2.24, 2.45) is 11.8 Å². The van der Waals surface area contributed by atoms with Crippen molar-refractivity contribution < 1.29 is 14.4 Å². The van der Waals surface area contributed by atoms with Gasteiger partial charge in [-0.15, -0.1) is 0 Å². The first kappa shape index (κ1) is 42.1. The summed E-state index contributed by atoms with van der Waals surface area (Å²) in [7, 11) is 1.39. The van der Waals surface area contributed by atoms with Crippen molar-refractivity contribution in [2.75, 3.05) is 25.0 Å². The molecule has 0 aliphatic carbocycles. The van der Waals surface area contributed by atoms with E-state index in [-0.39, 0.29) is 18.5 Å². The second-order valence-electron chi connectivity index (χ2n) is 14.1. The molecule has 0 saturated heterocycles. The fraction of sp³-hybridized carbons (Fsp3) is 0.564. The van der Waals surface area contributed by atoms with Gasteiger partial charge >= 0.3 is 0 Å². The zero-order chi connectivity index (χ0) is 37.2.